The van der Waals surface area contributed by atoms with Gasteiger partial charge < -0.3 is 0 Å². The van der Waals surface area contributed by atoms with E-state index in [1.807, 2.05) is 12.1 Å². The van der Waals surface area contributed by atoms with Crippen molar-refractivity contribution in [3.8, 4) is 34.1 Å². The number of aromatic nitrogens is 2. The van der Waals surface area contributed by atoms with Crippen molar-refractivity contribution in [1.82, 2.24) is 9.55 Å². The Morgan fingerprint density at radius 1 is 0.935 bits per heavy atom. The lowest BCUT2D eigenvalue weighted by Gasteiger charge is -2.13. The molecule has 0 amide bonds. The van der Waals surface area contributed by atoms with Crippen molar-refractivity contribution in [3.05, 3.63) is 101 Å². The third kappa shape index (κ3) is 4.02. The summed E-state index contributed by atoms with van der Waals surface area (Å²) in [6.07, 6.45) is 4.40. The maximum atomic E-state index is 13.5. The summed E-state index contributed by atoms with van der Waals surface area (Å²) in [5, 5.41) is 9.53. The van der Waals surface area contributed by atoms with E-state index >= 15 is 0 Å². The van der Waals surface area contributed by atoms with Crippen LogP contribution in [0.2, 0.25) is 0 Å². The molecule has 6 nitrogen and oxygen atoms in total. The molecular formula is C24H17N3O3S. The van der Waals surface area contributed by atoms with Crippen molar-refractivity contribution in [2.45, 2.75) is 4.90 Å². The van der Waals surface area contributed by atoms with E-state index in [-0.39, 0.29) is 10.5 Å². The molecule has 0 saturated carbocycles. The molecule has 0 spiro atoms. The van der Waals surface area contributed by atoms with Crippen molar-refractivity contribution < 1.29 is 8.42 Å². The van der Waals surface area contributed by atoms with E-state index in [0.29, 0.717) is 33.6 Å². The zero-order chi connectivity index (χ0) is 22.0. The van der Waals surface area contributed by atoms with E-state index in [1.54, 1.807) is 60.9 Å². The predicted octanol–water partition coefficient (Wildman–Crippen LogP) is 3.84. The summed E-state index contributed by atoms with van der Waals surface area (Å²) >= 11 is 0. The second-order valence-corrected chi connectivity index (χ2v) is 8.98. The molecule has 0 fully saturated rings. The molecule has 0 radical (unpaired) electrons. The Morgan fingerprint density at radius 2 is 1.71 bits per heavy atom. The highest BCUT2D eigenvalue weighted by atomic mass is 32.2. The van der Waals surface area contributed by atoms with Crippen molar-refractivity contribution >= 4 is 9.84 Å². The van der Waals surface area contributed by atoms with Gasteiger partial charge in [0.1, 0.15) is 0 Å². The molecule has 2 aromatic heterocycles. The first kappa shape index (κ1) is 20.3. The van der Waals surface area contributed by atoms with Gasteiger partial charge in [-0.25, -0.2) is 8.42 Å². The highest BCUT2D eigenvalue weighted by Gasteiger charge is 2.16. The lowest BCUT2D eigenvalue weighted by Crippen LogP contribution is -2.20. The van der Waals surface area contributed by atoms with Gasteiger partial charge in [-0.05, 0) is 42.5 Å². The van der Waals surface area contributed by atoms with Crippen LogP contribution in [0.3, 0.4) is 0 Å². The molecule has 0 bridgehead atoms. The SMILES string of the molecule is CS(=O)(=O)c1cccc(-n2cc(-c3ccccn3)cc(-c3ccccc3C#N)c2=O)c1. The van der Waals surface area contributed by atoms with E-state index < -0.39 is 9.84 Å². The number of benzene rings is 2. The Labute approximate surface area is 179 Å². The number of nitriles is 1. The highest BCUT2D eigenvalue weighted by Crippen LogP contribution is 2.26. The van der Waals surface area contributed by atoms with Crippen LogP contribution in [0.15, 0.2) is 94.9 Å². The Hall–Kier alpha value is -4.02. The van der Waals surface area contributed by atoms with Crippen molar-refractivity contribution in [2.75, 3.05) is 6.26 Å². The number of pyridine rings is 2. The van der Waals surface area contributed by atoms with Crippen molar-refractivity contribution in [3.63, 3.8) is 0 Å². The summed E-state index contributed by atoms with van der Waals surface area (Å²) in [6.45, 7) is 0. The average Bonchev–Trinajstić information content (AvgIpc) is 2.79. The van der Waals surface area contributed by atoms with Gasteiger partial charge >= 0.3 is 0 Å². The van der Waals surface area contributed by atoms with E-state index in [9.17, 15) is 18.5 Å². The van der Waals surface area contributed by atoms with Crippen LogP contribution in [-0.4, -0.2) is 24.2 Å². The fourth-order valence-electron chi connectivity index (χ4n) is 3.32. The van der Waals surface area contributed by atoms with Crippen LogP contribution in [-0.2, 0) is 9.84 Å². The largest absolute Gasteiger partial charge is 0.283 e. The molecule has 0 N–H and O–H groups in total. The molecule has 4 aromatic rings. The quantitative estimate of drug-likeness (QED) is 0.493. The molecule has 7 heteroatoms. The van der Waals surface area contributed by atoms with Crippen LogP contribution in [0.1, 0.15) is 5.56 Å². The van der Waals surface area contributed by atoms with Gasteiger partial charge in [0.15, 0.2) is 9.84 Å². The second-order valence-electron chi connectivity index (χ2n) is 6.96. The van der Waals surface area contributed by atoms with E-state index in [1.165, 1.54) is 16.7 Å². The van der Waals surface area contributed by atoms with E-state index in [4.69, 9.17) is 0 Å². The summed E-state index contributed by atoms with van der Waals surface area (Å²) in [4.78, 5) is 17.9. The minimum atomic E-state index is -3.45. The Balaban J connectivity index is 2.05. The molecule has 0 atom stereocenters. The molecule has 4 rings (SSSR count). The van der Waals surface area contributed by atoms with E-state index in [2.05, 4.69) is 11.1 Å². The molecule has 152 valence electrons. The highest BCUT2D eigenvalue weighted by molar-refractivity contribution is 7.90. The van der Waals surface area contributed by atoms with Gasteiger partial charge in [-0.3, -0.25) is 14.3 Å². The van der Waals surface area contributed by atoms with Crippen LogP contribution < -0.4 is 5.56 Å². The third-order valence-electron chi connectivity index (χ3n) is 4.84. The summed E-state index contributed by atoms with van der Waals surface area (Å²) in [7, 11) is -3.45. The molecule has 31 heavy (non-hydrogen) atoms. The maximum Gasteiger partial charge on any atom is 0.263 e. The number of nitrogens with zero attached hydrogens (tertiary/aromatic N) is 3. The van der Waals surface area contributed by atoms with Gasteiger partial charge in [-0.15, -0.1) is 0 Å². The smallest absolute Gasteiger partial charge is 0.263 e. The van der Waals surface area contributed by atoms with Gasteiger partial charge in [-0.2, -0.15) is 5.26 Å². The number of sulfone groups is 1. The lowest BCUT2D eigenvalue weighted by molar-refractivity contribution is 0.602. The first-order valence-electron chi connectivity index (χ1n) is 9.36. The first-order valence-corrected chi connectivity index (χ1v) is 11.3. The van der Waals surface area contributed by atoms with E-state index in [0.717, 1.165) is 6.26 Å². The lowest BCUT2D eigenvalue weighted by atomic mass is 9.99. The number of hydrogen-bond acceptors (Lipinski definition) is 5. The fourth-order valence-corrected chi connectivity index (χ4v) is 3.98. The molecule has 0 aliphatic heterocycles. The van der Waals surface area contributed by atoms with Gasteiger partial charge in [-0.1, -0.05) is 30.3 Å². The summed E-state index contributed by atoms with van der Waals surface area (Å²) in [5.74, 6) is 0. The van der Waals surface area contributed by atoms with Crippen LogP contribution in [0.4, 0.5) is 0 Å². The normalized spacial score (nSPS) is 11.1. The Kier molecular flexibility index (Phi) is 5.24. The number of rotatable bonds is 4. The van der Waals surface area contributed by atoms with Crippen molar-refractivity contribution in [1.29, 1.82) is 5.26 Å². The maximum absolute atomic E-state index is 13.5. The Bertz CT molecular complexity index is 1480. The molecule has 0 aliphatic carbocycles. The van der Waals surface area contributed by atoms with Gasteiger partial charge in [0.05, 0.1) is 22.2 Å². The monoisotopic (exact) mass is 427 g/mol. The van der Waals surface area contributed by atoms with Crippen molar-refractivity contribution in [2.24, 2.45) is 0 Å². The van der Waals surface area contributed by atoms with Crippen LogP contribution in [0.5, 0.6) is 0 Å². The average molecular weight is 427 g/mol. The molecular weight excluding hydrogens is 410 g/mol. The Morgan fingerprint density at radius 3 is 2.42 bits per heavy atom. The summed E-state index contributed by atoms with van der Waals surface area (Å²) in [6, 6.07) is 22.3. The van der Waals surface area contributed by atoms with Gasteiger partial charge in [0.2, 0.25) is 0 Å². The molecule has 2 heterocycles. The molecule has 0 unspecified atom stereocenters. The fraction of sp³-hybridized carbons (Fsp3) is 0.0417. The minimum absolute atomic E-state index is 0.110. The van der Waals surface area contributed by atoms with Gasteiger partial charge in [0, 0.05) is 41.0 Å². The molecule has 0 aliphatic rings. The standard InChI is InChI=1S/C24H17N3O3S/c1-31(29,30)20-9-6-8-19(14-20)27-16-18(23-11-4-5-12-26-23)13-22(24(27)28)21-10-3-2-7-17(21)15-25/h2-14,16H,1H3. The predicted molar refractivity (Wildman–Crippen MR) is 119 cm³/mol. The third-order valence-corrected chi connectivity index (χ3v) is 5.95. The molecule has 2 aromatic carbocycles. The van der Waals surface area contributed by atoms with Crippen LogP contribution >= 0.6 is 0 Å². The van der Waals surface area contributed by atoms with Crippen LogP contribution in [0, 0.1) is 11.3 Å². The molecule has 0 saturated heterocycles. The topological polar surface area (TPSA) is 92.8 Å². The second kappa shape index (κ2) is 8.01. The minimum Gasteiger partial charge on any atom is -0.283 e. The summed E-state index contributed by atoms with van der Waals surface area (Å²) in [5.41, 5.74) is 2.54. The van der Waals surface area contributed by atoms with Gasteiger partial charge in [0.25, 0.3) is 5.56 Å². The van der Waals surface area contributed by atoms with Crippen LogP contribution in [0.25, 0.3) is 28.1 Å². The first-order chi connectivity index (χ1) is 14.9. The zero-order valence-electron chi connectivity index (χ0n) is 16.6. The zero-order valence-corrected chi connectivity index (χ0v) is 17.4. The summed E-state index contributed by atoms with van der Waals surface area (Å²) < 4.78 is 25.4. The number of hydrogen-bond donors (Lipinski definition) is 0.